The highest BCUT2D eigenvalue weighted by atomic mass is 32.2. The number of ether oxygens (including phenoxy) is 1. The molecule has 1 heterocycles. The van der Waals surface area contributed by atoms with Gasteiger partial charge in [-0.15, -0.1) is 0 Å². The van der Waals surface area contributed by atoms with Crippen LogP contribution in [-0.4, -0.2) is 26.7 Å². The highest BCUT2D eigenvalue weighted by molar-refractivity contribution is 7.91. The molecule has 5 nitrogen and oxygen atoms in total. The Kier molecular flexibility index (Phi) is 2.15. The quantitative estimate of drug-likeness (QED) is 0.728. The zero-order valence-electron chi connectivity index (χ0n) is 7.76. The summed E-state index contributed by atoms with van der Waals surface area (Å²) in [6.07, 6.45) is 0. The second-order valence-electron chi connectivity index (χ2n) is 3.19. The smallest absolute Gasteiger partial charge is 0.248 e. The van der Waals surface area contributed by atoms with Gasteiger partial charge in [-0.3, -0.25) is 4.79 Å². The number of rotatable bonds is 1. The molecule has 1 aliphatic heterocycles. The summed E-state index contributed by atoms with van der Waals surface area (Å²) in [7, 11) is -3.33. The fourth-order valence-electron chi connectivity index (χ4n) is 1.39. The van der Waals surface area contributed by atoms with Crippen molar-refractivity contribution in [3.05, 3.63) is 23.8 Å². The van der Waals surface area contributed by atoms with Crippen molar-refractivity contribution in [1.82, 2.24) is 0 Å². The molecule has 1 aromatic carbocycles. The standard InChI is InChI=1S/C9H9NO4S/c10-9(11)6-1-2-7-8(5-6)15(12,13)4-3-14-7/h1-2,5H,3-4H2,(H2,10,11). The molecule has 15 heavy (non-hydrogen) atoms. The van der Waals surface area contributed by atoms with Gasteiger partial charge in [0.25, 0.3) is 0 Å². The summed E-state index contributed by atoms with van der Waals surface area (Å²) < 4.78 is 28.4. The Morgan fingerprint density at radius 3 is 2.80 bits per heavy atom. The predicted octanol–water partition coefficient (Wildman–Crippen LogP) is -0.0484. The van der Waals surface area contributed by atoms with Crippen molar-refractivity contribution in [2.24, 2.45) is 5.73 Å². The summed E-state index contributed by atoms with van der Waals surface area (Å²) in [5, 5.41) is 0. The summed E-state index contributed by atoms with van der Waals surface area (Å²) in [6.45, 7) is 0.144. The molecule has 0 aliphatic carbocycles. The minimum Gasteiger partial charge on any atom is -0.491 e. The number of hydrogen-bond donors (Lipinski definition) is 1. The highest BCUT2D eigenvalue weighted by Crippen LogP contribution is 2.29. The number of carbonyl (C=O) groups is 1. The number of carbonyl (C=O) groups excluding carboxylic acids is 1. The van der Waals surface area contributed by atoms with E-state index < -0.39 is 15.7 Å². The molecule has 0 radical (unpaired) electrons. The van der Waals surface area contributed by atoms with E-state index in [0.717, 1.165) is 0 Å². The summed E-state index contributed by atoms with van der Waals surface area (Å²) in [4.78, 5) is 10.9. The first kappa shape index (κ1) is 9.97. The summed E-state index contributed by atoms with van der Waals surface area (Å²) in [5.74, 6) is -0.438. The molecular weight excluding hydrogens is 218 g/mol. The Labute approximate surface area is 86.8 Å². The van der Waals surface area contributed by atoms with Crippen molar-refractivity contribution in [2.45, 2.75) is 4.90 Å². The topological polar surface area (TPSA) is 86.5 Å². The van der Waals surface area contributed by atoms with Crippen LogP contribution in [-0.2, 0) is 9.84 Å². The molecule has 6 heteroatoms. The maximum absolute atomic E-state index is 11.6. The Morgan fingerprint density at radius 2 is 2.13 bits per heavy atom. The third-order valence-electron chi connectivity index (χ3n) is 2.17. The Balaban J connectivity index is 2.64. The van der Waals surface area contributed by atoms with Crippen molar-refractivity contribution < 1.29 is 17.9 Å². The van der Waals surface area contributed by atoms with Crippen LogP contribution in [0.3, 0.4) is 0 Å². The largest absolute Gasteiger partial charge is 0.491 e. The molecule has 0 unspecified atom stereocenters. The lowest BCUT2D eigenvalue weighted by Gasteiger charge is -2.17. The van der Waals surface area contributed by atoms with Crippen molar-refractivity contribution in [3.8, 4) is 5.75 Å². The van der Waals surface area contributed by atoms with Gasteiger partial charge >= 0.3 is 0 Å². The number of benzene rings is 1. The lowest BCUT2D eigenvalue weighted by atomic mass is 10.2. The van der Waals surface area contributed by atoms with Crippen molar-refractivity contribution in [2.75, 3.05) is 12.4 Å². The van der Waals surface area contributed by atoms with Crippen molar-refractivity contribution >= 4 is 15.7 Å². The first-order chi connectivity index (χ1) is 7.00. The van der Waals surface area contributed by atoms with Gasteiger partial charge in [-0.25, -0.2) is 8.42 Å². The van der Waals surface area contributed by atoms with Gasteiger partial charge in [0.15, 0.2) is 9.84 Å². The van der Waals surface area contributed by atoms with Gasteiger partial charge in [-0.1, -0.05) is 0 Å². The van der Waals surface area contributed by atoms with E-state index in [1.54, 1.807) is 0 Å². The van der Waals surface area contributed by atoms with E-state index >= 15 is 0 Å². The van der Waals surface area contributed by atoms with E-state index in [-0.39, 0.29) is 28.6 Å². The first-order valence-corrected chi connectivity index (χ1v) is 5.95. The van der Waals surface area contributed by atoms with Gasteiger partial charge in [0, 0.05) is 5.56 Å². The van der Waals surface area contributed by atoms with Crippen LogP contribution in [0.15, 0.2) is 23.1 Å². The van der Waals surface area contributed by atoms with Gasteiger partial charge in [0.2, 0.25) is 5.91 Å². The second kappa shape index (κ2) is 3.23. The Morgan fingerprint density at radius 1 is 1.40 bits per heavy atom. The molecule has 0 atom stereocenters. The molecule has 0 saturated heterocycles. The lowest BCUT2D eigenvalue weighted by Crippen LogP contribution is -2.22. The van der Waals surface area contributed by atoms with Crippen LogP contribution in [0.2, 0.25) is 0 Å². The van der Waals surface area contributed by atoms with Crippen LogP contribution in [0, 0.1) is 0 Å². The Hall–Kier alpha value is -1.56. The molecule has 0 bridgehead atoms. The summed E-state index contributed by atoms with van der Waals surface area (Å²) in [6, 6.07) is 4.15. The predicted molar refractivity (Wildman–Crippen MR) is 52.5 cm³/mol. The first-order valence-electron chi connectivity index (χ1n) is 4.30. The van der Waals surface area contributed by atoms with Gasteiger partial charge < -0.3 is 10.5 Å². The molecule has 2 rings (SSSR count). The van der Waals surface area contributed by atoms with Crippen molar-refractivity contribution in [1.29, 1.82) is 0 Å². The van der Waals surface area contributed by atoms with Crippen molar-refractivity contribution in [3.63, 3.8) is 0 Å². The molecule has 2 N–H and O–H groups in total. The summed E-state index contributed by atoms with van der Waals surface area (Å²) >= 11 is 0. The summed E-state index contributed by atoms with van der Waals surface area (Å²) in [5.41, 5.74) is 5.23. The van der Waals surface area contributed by atoms with Gasteiger partial charge in [0.1, 0.15) is 17.3 Å². The molecule has 1 aromatic rings. The van der Waals surface area contributed by atoms with Crippen LogP contribution in [0.4, 0.5) is 0 Å². The van der Waals surface area contributed by atoms with Crippen LogP contribution in [0.1, 0.15) is 10.4 Å². The van der Waals surface area contributed by atoms with Crippen LogP contribution < -0.4 is 10.5 Å². The zero-order chi connectivity index (χ0) is 11.1. The minimum atomic E-state index is -3.33. The van der Waals surface area contributed by atoms with Gasteiger partial charge in [0.05, 0.1) is 5.75 Å². The number of primary amides is 1. The maximum Gasteiger partial charge on any atom is 0.248 e. The monoisotopic (exact) mass is 227 g/mol. The number of sulfone groups is 1. The molecule has 80 valence electrons. The van der Waals surface area contributed by atoms with Crippen LogP contribution in [0.5, 0.6) is 5.75 Å². The number of amides is 1. The SMILES string of the molecule is NC(=O)c1ccc2c(c1)S(=O)(=O)CCO2. The van der Waals surface area contributed by atoms with E-state index in [1.807, 2.05) is 0 Å². The fourth-order valence-corrected chi connectivity index (χ4v) is 2.66. The third kappa shape index (κ3) is 1.68. The molecule has 1 aliphatic rings. The third-order valence-corrected chi connectivity index (χ3v) is 3.87. The normalized spacial score (nSPS) is 17.6. The van der Waals surface area contributed by atoms with Crippen LogP contribution in [0.25, 0.3) is 0 Å². The van der Waals surface area contributed by atoms with Crippen LogP contribution >= 0.6 is 0 Å². The molecule has 0 saturated carbocycles. The minimum absolute atomic E-state index is 0.0463. The number of hydrogen-bond acceptors (Lipinski definition) is 4. The zero-order valence-corrected chi connectivity index (χ0v) is 8.58. The number of nitrogens with two attached hydrogens (primary N) is 1. The number of fused-ring (bicyclic) bond motifs is 1. The average molecular weight is 227 g/mol. The maximum atomic E-state index is 11.6. The molecular formula is C9H9NO4S. The molecule has 0 spiro atoms. The van der Waals surface area contributed by atoms with E-state index in [4.69, 9.17) is 10.5 Å². The molecule has 0 aromatic heterocycles. The molecule has 1 amide bonds. The van der Waals surface area contributed by atoms with Gasteiger partial charge in [-0.2, -0.15) is 0 Å². The van der Waals surface area contributed by atoms with E-state index in [9.17, 15) is 13.2 Å². The van der Waals surface area contributed by atoms with E-state index in [0.29, 0.717) is 0 Å². The van der Waals surface area contributed by atoms with E-state index in [2.05, 4.69) is 0 Å². The van der Waals surface area contributed by atoms with Gasteiger partial charge in [-0.05, 0) is 18.2 Å². The second-order valence-corrected chi connectivity index (χ2v) is 5.27. The molecule has 0 fully saturated rings. The van der Waals surface area contributed by atoms with E-state index in [1.165, 1.54) is 18.2 Å². The Bertz CT molecular complexity index is 521. The average Bonchev–Trinajstić information content (AvgIpc) is 2.17. The fraction of sp³-hybridized carbons (Fsp3) is 0.222. The highest BCUT2D eigenvalue weighted by Gasteiger charge is 2.25. The lowest BCUT2D eigenvalue weighted by molar-refractivity contribution is 0.1000.